The summed E-state index contributed by atoms with van der Waals surface area (Å²) in [6.07, 6.45) is 3.22. The van der Waals surface area contributed by atoms with E-state index >= 15 is 0 Å². The van der Waals surface area contributed by atoms with Crippen LogP contribution in [0.2, 0.25) is 0 Å². The Labute approximate surface area is 133 Å². The Morgan fingerprint density at radius 2 is 1.82 bits per heavy atom. The maximum atomic E-state index is 12.4. The largest absolute Gasteiger partial charge is 0.458 e. The van der Waals surface area contributed by atoms with E-state index in [1.807, 2.05) is 6.92 Å². The van der Waals surface area contributed by atoms with Crippen molar-refractivity contribution < 1.29 is 22.7 Å². The van der Waals surface area contributed by atoms with Crippen LogP contribution in [-0.4, -0.2) is 54.9 Å². The summed E-state index contributed by atoms with van der Waals surface area (Å²) in [5.41, 5.74) is -0.612. The maximum absolute atomic E-state index is 12.4. The molecule has 2 atom stereocenters. The highest BCUT2D eigenvalue weighted by atomic mass is 32.2. The van der Waals surface area contributed by atoms with Crippen LogP contribution in [0, 0.1) is 0 Å². The topological polar surface area (TPSA) is 80.8 Å². The SMILES string of the molecule is C[C@@H]1CCC[C@H](C(=O)OC(C)(C)C)N1C(=O)CCS(C)(=O)=O. The summed E-state index contributed by atoms with van der Waals surface area (Å²) in [6.45, 7) is 7.24. The number of sulfone groups is 1. The van der Waals surface area contributed by atoms with Gasteiger partial charge in [-0.15, -0.1) is 0 Å². The van der Waals surface area contributed by atoms with E-state index in [0.29, 0.717) is 6.42 Å². The highest BCUT2D eigenvalue weighted by molar-refractivity contribution is 7.90. The highest BCUT2D eigenvalue weighted by Gasteiger charge is 2.38. The van der Waals surface area contributed by atoms with Gasteiger partial charge in [0, 0.05) is 18.7 Å². The Morgan fingerprint density at radius 3 is 2.32 bits per heavy atom. The quantitative estimate of drug-likeness (QED) is 0.729. The first-order chi connectivity index (χ1) is 9.91. The van der Waals surface area contributed by atoms with E-state index in [0.717, 1.165) is 19.1 Å². The molecule has 7 heteroatoms. The number of ether oxygens (including phenoxy) is 1. The van der Waals surface area contributed by atoms with Crippen LogP contribution in [0.5, 0.6) is 0 Å². The molecule has 0 bridgehead atoms. The Kier molecular flexibility index (Phi) is 6.01. The van der Waals surface area contributed by atoms with Crippen LogP contribution >= 0.6 is 0 Å². The lowest BCUT2D eigenvalue weighted by molar-refractivity contribution is -0.168. The van der Waals surface area contributed by atoms with Crippen molar-refractivity contribution in [2.24, 2.45) is 0 Å². The van der Waals surface area contributed by atoms with E-state index in [4.69, 9.17) is 4.74 Å². The summed E-state index contributed by atoms with van der Waals surface area (Å²) in [4.78, 5) is 26.2. The molecule has 22 heavy (non-hydrogen) atoms. The number of carbonyl (C=O) groups excluding carboxylic acids is 2. The number of nitrogens with zero attached hydrogens (tertiary/aromatic N) is 1. The number of amides is 1. The van der Waals surface area contributed by atoms with Crippen molar-refractivity contribution in [3.63, 3.8) is 0 Å². The Balaban J connectivity index is 2.85. The minimum atomic E-state index is -3.21. The zero-order valence-corrected chi connectivity index (χ0v) is 14.9. The van der Waals surface area contributed by atoms with Gasteiger partial charge in [0.2, 0.25) is 5.91 Å². The van der Waals surface area contributed by atoms with Crippen molar-refractivity contribution in [2.75, 3.05) is 12.0 Å². The van der Waals surface area contributed by atoms with Gasteiger partial charge in [-0.05, 0) is 47.0 Å². The lowest BCUT2D eigenvalue weighted by Gasteiger charge is -2.40. The van der Waals surface area contributed by atoms with Gasteiger partial charge in [0.25, 0.3) is 0 Å². The lowest BCUT2D eigenvalue weighted by atomic mass is 9.95. The van der Waals surface area contributed by atoms with Gasteiger partial charge in [0.05, 0.1) is 5.75 Å². The number of rotatable bonds is 4. The van der Waals surface area contributed by atoms with Crippen LogP contribution in [0.1, 0.15) is 53.4 Å². The van der Waals surface area contributed by atoms with E-state index in [2.05, 4.69) is 0 Å². The first-order valence-electron chi connectivity index (χ1n) is 7.62. The van der Waals surface area contributed by atoms with Gasteiger partial charge >= 0.3 is 5.97 Å². The molecule has 0 spiro atoms. The minimum absolute atomic E-state index is 0.0849. The molecule has 0 N–H and O–H groups in total. The van der Waals surface area contributed by atoms with E-state index < -0.39 is 27.4 Å². The number of esters is 1. The maximum Gasteiger partial charge on any atom is 0.329 e. The number of hydrogen-bond donors (Lipinski definition) is 0. The first kappa shape index (κ1) is 18.9. The summed E-state index contributed by atoms with van der Waals surface area (Å²) in [6, 6.07) is -0.701. The third-order valence-corrected chi connectivity index (χ3v) is 4.51. The molecule has 128 valence electrons. The van der Waals surface area contributed by atoms with Crippen LogP contribution in [0.25, 0.3) is 0 Å². The van der Waals surface area contributed by atoms with Crippen molar-refractivity contribution in [1.82, 2.24) is 4.90 Å². The standard InChI is InChI=1S/C15H27NO5S/c1-11-7-6-8-12(14(18)21-15(2,3)4)16(11)13(17)9-10-22(5,19)20/h11-12H,6-10H2,1-5H3/t11-,12-/m1/s1. The van der Waals surface area contributed by atoms with Crippen LogP contribution in [0.4, 0.5) is 0 Å². The van der Waals surface area contributed by atoms with Crippen molar-refractivity contribution in [3.8, 4) is 0 Å². The molecule has 0 aromatic carbocycles. The molecule has 0 aromatic heterocycles. The van der Waals surface area contributed by atoms with E-state index in [1.54, 1.807) is 20.8 Å². The minimum Gasteiger partial charge on any atom is -0.458 e. The second-order valence-electron chi connectivity index (χ2n) is 7.01. The second-order valence-corrected chi connectivity index (χ2v) is 9.27. The van der Waals surface area contributed by atoms with Crippen molar-refractivity contribution in [3.05, 3.63) is 0 Å². The molecule has 1 heterocycles. The van der Waals surface area contributed by atoms with Crippen LogP contribution in [0.3, 0.4) is 0 Å². The molecule has 1 rings (SSSR count). The van der Waals surface area contributed by atoms with E-state index in [1.165, 1.54) is 4.90 Å². The fourth-order valence-corrected chi connectivity index (χ4v) is 3.16. The zero-order chi connectivity index (χ0) is 17.1. The van der Waals surface area contributed by atoms with E-state index in [-0.39, 0.29) is 24.1 Å². The van der Waals surface area contributed by atoms with Crippen molar-refractivity contribution in [2.45, 2.75) is 71.1 Å². The van der Waals surface area contributed by atoms with Gasteiger partial charge in [-0.25, -0.2) is 13.2 Å². The van der Waals surface area contributed by atoms with Crippen molar-refractivity contribution in [1.29, 1.82) is 0 Å². The van der Waals surface area contributed by atoms with Gasteiger partial charge in [0.1, 0.15) is 21.5 Å². The summed E-state index contributed by atoms with van der Waals surface area (Å²) >= 11 is 0. The van der Waals surface area contributed by atoms with E-state index in [9.17, 15) is 18.0 Å². The van der Waals surface area contributed by atoms with Gasteiger partial charge < -0.3 is 9.64 Å². The average molecular weight is 333 g/mol. The van der Waals surface area contributed by atoms with Crippen molar-refractivity contribution >= 4 is 21.7 Å². The number of hydrogen-bond acceptors (Lipinski definition) is 5. The monoisotopic (exact) mass is 333 g/mol. The molecule has 1 amide bonds. The summed E-state index contributed by atoms with van der Waals surface area (Å²) in [5.74, 6) is -0.906. The Bertz CT molecular complexity index is 521. The first-order valence-corrected chi connectivity index (χ1v) is 9.68. The molecular weight excluding hydrogens is 306 g/mol. The molecular formula is C15H27NO5S. The second kappa shape index (κ2) is 6.98. The van der Waals surface area contributed by atoms with Gasteiger partial charge in [-0.3, -0.25) is 4.79 Å². The zero-order valence-electron chi connectivity index (χ0n) is 14.1. The Hall–Kier alpha value is -1.11. The fraction of sp³-hybridized carbons (Fsp3) is 0.867. The molecule has 1 aliphatic heterocycles. The lowest BCUT2D eigenvalue weighted by Crippen LogP contribution is -2.54. The summed E-state index contributed by atoms with van der Waals surface area (Å²) in [7, 11) is -3.21. The van der Waals surface area contributed by atoms with Crippen LogP contribution in [-0.2, 0) is 24.2 Å². The normalized spacial score (nSPS) is 23.2. The molecule has 0 unspecified atom stereocenters. The average Bonchev–Trinajstić information content (AvgIpc) is 2.32. The number of carbonyl (C=O) groups is 2. The van der Waals surface area contributed by atoms with Crippen LogP contribution in [0.15, 0.2) is 0 Å². The predicted octanol–water partition coefficient (Wildman–Crippen LogP) is 1.53. The van der Waals surface area contributed by atoms with Crippen LogP contribution < -0.4 is 0 Å². The van der Waals surface area contributed by atoms with Gasteiger partial charge in [-0.1, -0.05) is 0 Å². The predicted molar refractivity (Wildman–Crippen MR) is 84.1 cm³/mol. The third-order valence-electron chi connectivity index (χ3n) is 3.56. The molecule has 6 nitrogen and oxygen atoms in total. The highest BCUT2D eigenvalue weighted by Crippen LogP contribution is 2.26. The van der Waals surface area contributed by atoms with Gasteiger partial charge in [-0.2, -0.15) is 0 Å². The molecule has 0 radical (unpaired) electrons. The molecule has 1 saturated heterocycles. The summed E-state index contributed by atoms with van der Waals surface area (Å²) < 4.78 is 27.9. The number of likely N-dealkylation sites (tertiary alicyclic amines) is 1. The third kappa shape index (κ3) is 5.94. The smallest absolute Gasteiger partial charge is 0.329 e. The number of piperidine rings is 1. The van der Waals surface area contributed by atoms with Gasteiger partial charge in [0.15, 0.2) is 0 Å². The molecule has 0 aliphatic carbocycles. The molecule has 0 aromatic rings. The molecule has 0 saturated carbocycles. The summed E-state index contributed by atoms with van der Waals surface area (Å²) in [5, 5.41) is 0. The molecule has 1 aliphatic rings. The Morgan fingerprint density at radius 1 is 1.23 bits per heavy atom. The molecule has 1 fully saturated rings. The fourth-order valence-electron chi connectivity index (χ4n) is 2.61.